The van der Waals surface area contributed by atoms with Crippen LogP contribution in [0.4, 0.5) is 0 Å². The molecule has 21 heavy (non-hydrogen) atoms. The van der Waals surface area contributed by atoms with E-state index in [9.17, 15) is 0 Å². The van der Waals surface area contributed by atoms with Crippen LogP contribution in [-0.2, 0) is 6.61 Å². The molecule has 0 saturated carbocycles. The summed E-state index contributed by atoms with van der Waals surface area (Å²) >= 11 is 0. The highest BCUT2D eigenvalue weighted by Gasteiger charge is 2.04. The van der Waals surface area contributed by atoms with Crippen LogP contribution >= 0.6 is 0 Å². The van der Waals surface area contributed by atoms with E-state index < -0.39 is 0 Å². The molecule has 0 aliphatic heterocycles. The molecule has 3 rings (SSSR count). The van der Waals surface area contributed by atoms with Crippen molar-refractivity contribution in [2.24, 2.45) is 5.73 Å². The predicted molar refractivity (Wildman–Crippen MR) is 85.1 cm³/mol. The van der Waals surface area contributed by atoms with Gasteiger partial charge < -0.3 is 10.5 Å². The highest BCUT2D eigenvalue weighted by Crippen LogP contribution is 2.21. The molecule has 0 aliphatic carbocycles. The molecule has 106 valence electrons. The predicted octanol–water partition coefficient (Wildman–Crippen LogP) is 3.83. The minimum atomic E-state index is 0.00720. The molecular weight excluding hydrogens is 260 g/mol. The van der Waals surface area contributed by atoms with Gasteiger partial charge in [-0.05, 0) is 30.7 Å². The van der Waals surface area contributed by atoms with Crippen molar-refractivity contribution in [3.05, 3.63) is 71.9 Å². The van der Waals surface area contributed by atoms with E-state index in [0.29, 0.717) is 6.61 Å². The van der Waals surface area contributed by atoms with E-state index in [1.54, 1.807) is 0 Å². The van der Waals surface area contributed by atoms with Crippen LogP contribution < -0.4 is 10.5 Å². The van der Waals surface area contributed by atoms with Gasteiger partial charge in [-0.15, -0.1) is 0 Å². The van der Waals surface area contributed by atoms with E-state index in [0.717, 1.165) is 27.8 Å². The Kier molecular flexibility index (Phi) is 3.84. The van der Waals surface area contributed by atoms with Gasteiger partial charge in [-0.3, -0.25) is 4.98 Å². The van der Waals surface area contributed by atoms with Crippen molar-refractivity contribution in [3.63, 3.8) is 0 Å². The van der Waals surface area contributed by atoms with Crippen LogP contribution in [-0.4, -0.2) is 4.98 Å². The summed E-state index contributed by atoms with van der Waals surface area (Å²) in [5.74, 6) is 0.831. The average molecular weight is 278 g/mol. The Labute approximate surface area is 124 Å². The quantitative estimate of drug-likeness (QED) is 0.789. The zero-order chi connectivity index (χ0) is 14.7. The molecule has 0 radical (unpaired) electrons. The summed E-state index contributed by atoms with van der Waals surface area (Å²) in [5, 5.41) is 1.13. The molecule has 3 nitrogen and oxygen atoms in total. The number of benzene rings is 2. The zero-order valence-electron chi connectivity index (χ0n) is 12.0. The second kappa shape index (κ2) is 5.94. The van der Waals surface area contributed by atoms with Crippen molar-refractivity contribution in [1.82, 2.24) is 4.98 Å². The van der Waals surface area contributed by atoms with Crippen molar-refractivity contribution >= 4 is 10.9 Å². The van der Waals surface area contributed by atoms with E-state index in [2.05, 4.69) is 17.1 Å². The van der Waals surface area contributed by atoms with Crippen LogP contribution in [0.1, 0.15) is 24.1 Å². The van der Waals surface area contributed by atoms with Crippen LogP contribution in [0.3, 0.4) is 0 Å². The molecule has 3 aromatic rings. The fourth-order valence-corrected chi connectivity index (χ4v) is 2.33. The van der Waals surface area contributed by atoms with Crippen molar-refractivity contribution in [2.45, 2.75) is 19.6 Å². The number of ether oxygens (including phenoxy) is 1. The standard InChI is InChI=1S/C18H18N2O/c1-13(19)15-6-3-9-17(11-15)21-12-16-7-2-5-14-8-4-10-20-18(14)16/h2-11,13H,12,19H2,1H3/t13-/m1/s1. The van der Waals surface area contributed by atoms with Gasteiger partial charge in [0.05, 0.1) is 5.52 Å². The third-order valence-electron chi connectivity index (χ3n) is 3.49. The lowest BCUT2D eigenvalue weighted by molar-refractivity contribution is 0.307. The maximum Gasteiger partial charge on any atom is 0.120 e. The van der Waals surface area contributed by atoms with E-state index in [1.807, 2.05) is 55.6 Å². The maximum absolute atomic E-state index is 5.90. The first-order chi connectivity index (χ1) is 10.2. The van der Waals surface area contributed by atoms with Gasteiger partial charge in [0.1, 0.15) is 12.4 Å². The van der Waals surface area contributed by atoms with Crippen LogP contribution in [0, 0.1) is 0 Å². The molecule has 2 aromatic carbocycles. The summed E-state index contributed by atoms with van der Waals surface area (Å²) in [4.78, 5) is 4.44. The third kappa shape index (κ3) is 3.03. The SMILES string of the molecule is C[C@@H](N)c1cccc(OCc2cccc3cccnc23)c1. The Morgan fingerprint density at radius 3 is 2.76 bits per heavy atom. The van der Waals surface area contributed by atoms with E-state index in [1.165, 1.54) is 0 Å². The topological polar surface area (TPSA) is 48.1 Å². The molecule has 0 aliphatic rings. The van der Waals surface area contributed by atoms with E-state index in [4.69, 9.17) is 10.5 Å². The van der Waals surface area contributed by atoms with Gasteiger partial charge in [0, 0.05) is 23.2 Å². The number of nitrogens with two attached hydrogens (primary N) is 1. The molecule has 0 bridgehead atoms. The fraction of sp³-hybridized carbons (Fsp3) is 0.167. The normalized spacial score (nSPS) is 12.3. The van der Waals surface area contributed by atoms with Crippen LogP contribution in [0.25, 0.3) is 10.9 Å². The van der Waals surface area contributed by atoms with Gasteiger partial charge in [0.25, 0.3) is 0 Å². The number of para-hydroxylation sites is 1. The number of pyridine rings is 1. The second-order valence-electron chi connectivity index (χ2n) is 5.14. The highest BCUT2D eigenvalue weighted by molar-refractivity contribution is 5.81. The average Bonchev–Trinajstić information content (AvgIpc) is 2.53. The highest BCUT2D eigenvalue weighted by atomic mass is 16.5. The van der Waals surface area contributed by atoms with Gasteiger partial charge in [-0.25, -0.2) is 0 Å². The third-order valence-corrected chi connectivity index (χ3v) is 3.49. The summed E-state index contributed by atoms with van der Waals surface area (Å²) in [5.41, 5.74) is 9.04. The Morgan fingerprint density at radius 1 is 1.10 bits per heavy atom. The largest absolute Gasteiger partial charge is 0.489 e. The summed E-state index contributed by atoms with van der Waals surface area (Å²) in [6, 6.07) is 18.1. The van der Waals surface area contributed by atoms with Crippen molar-refractivity contribution in [2.75, 3.05) is 0 Å². The van der Waals surface area contributed by atoms with Gasteiger partial charge in [0.2, 0.25) is 0 Å². The molecule has 0 spiro atoms. The summed E-state index contributed by atoms with van der Waals surface area (Å²) in [6.45, 7) is 2.46. The van der Waals surface area contributed by atoms with Gasteiger partial charge in [-0.1, -0.05) is 36.4 Å². The Hall–Kier alpha value is -2.39. The van der Waals surface area contributed by atoms with Crippen LogP contribution in [0.5, 0.6) is 5.75 Å². The Morgan fingerprint density at radius 2 is 1.90 bits per heavy atom. The number of fused-ring (bicyclic) bond motifs is 1. The van der Waals surface area contributed by atoms with Gasteiger partial charge in [-0.2, -0.15) is 0 Å². The first-order valence-corrected chi connectivity index (χ1v) is 7.05. The van der Waals surface area contributed by atoms with Crippen molar-refractivity contribution < 1.29 is 4.74 Å². The van der Waals surface area contributed by atoms with Crippen LogP contribution in [0.15, 0.2) is 60.8 Å². The monoisotopic (exact) mass is 278 g/mol. The molecule has 1 atom stereocenters. The molecule has 1 heterocycles. The van der Waals surface area contributed by atoms with Gasteiger partial charge >= 0.3 is 0 Å². The number of rotatable bonds is 4. The molecule has 0 fully saturated rings. The lowest BCUT2D eigenvalue weighted by Gasteiger charge is -2.11. The Bertz CT molecular complexity index is 748. The molecular formula is C18H18N2O. The first kappa shape index (κ1) is 13.6. The zero-order valence-corrected chi connectivity index (χ0v) is 12.0. The van der Waals surface area contributed by atoms with E-state index >= 15 is 0 Å². The fourth-order valence-electron chi connectivity index (χ4n) is 2.33. The number of nitrogens with zero attached hydrogens (tertiary/aromatic N) is 1. The summed E-state index contributed by atoms with van der Waals surface area (Å²) in [6.07, 6.45) is 1.81. The summed E-state index contributed by atoms with van der Waals surface area (Å²) in [7, 11) is 0. The lowest BCUT2D eigenvalue weighted by atomic mass is 10.1. The number of aromatic nitrogens is 1. The van der Waals surface area contributed by atoms with E-state index in [-0.39, 0.29) is 6.04 Å². The Balaban J connectivity index is 1.82. The first-order valence-electron chi connectivity index (χ1n) is 7.05. The molecule has 0 saturated heterocycles. The maximum atomic E-state index is 5.90. The summed E-state index contributed by atoms with van der Waals surface area (Å²) < 4.78 is 5.90. The molecule has 2 N–H and O–H groups in total. The molecule has 1 aromatic heterocycles. The molecule has 3 heteroatoms. The van der Waals surface area contributed by atoms with Crippen molar-refractivity contribution in [3.8, 4) is 5.75 Å². The number of hydrogen-bond donors (Lipinski definition) is 1. The van der Waals surface area contributed by atoms with Gasteiger partial charge in [0.15, 0.2) is 0 Å². The number of hydrogen-bond acceptors (Lipinski definition) is 3. The molecule has 0 amide bonds. The minimum Gasteiger partial charge on any atom is -0.489 e. The smallest absolute Gasteiger partial charge is 0.120 e. The van der Waals surface area contributed by atoms with Crippen LogP contribution in [0.2, 0.25) is 0 Å². The second-order valence-corrected chi connectivity index (χ2v) is 5.14. The van der Waals surface area contributed by atoms with Crippen molar-refractivity contribution in [1.29, 1.82) is 0 Å². The lowest BCUT2D eigenvalue weighted by Crippen LogP contribution is -2.05. The minimum absolute atomic E-state index is 0.00720. The molecule has 0 unspecified atom stereocenters.